The summed E-state index contributed by atoms with van der Waals surface area (Å²) in [5.41, 5.74) is 1.57. The van der Waals surface area contributed by atoms with E-state index < -0.39 is 22.0 Å². The van der Waals surface area contributed by atoms with E-state index in [0.717, 1.165) is 20.8 Å². The quantitative estimate of drug-likeness (QED) is 0.553. The summed E-state index contributed by atoms with van der Waals surface area (Å²) in [5.74, 6) is 0.0219. The molecule has 0 bridgehead atoms. The standard InChI is InChI=1S/C21H25N3O4S2/c1-13(2)20(21(25)22-12-15-7-5-6-8-18(15)28-4)24-30(26,27)16-9-10-17-19(11-16)29-14(3)23-17/h5-11,13,20,24H,12H2,1-4H3,(H,22,25)/t20-/m1/s1. The topological polar surface area (TPSA) is 97.4 Å². The van der Waals surface area contributed by atoms with Crippen molar-refractivity contribution in [3.63, 3.8) is 0 Å². The molecule has 3 rings (SSSR count). The van der Waals surface area contributed by atoms with Crippen molar-refractivity contribution in [2.45, 2.75) is 38.3 Å². The number of aromatic nitrogens is 1. The number of carbonyl (C=O) groups is 1. The number of fused-ring (bicyclic) bond motifs is 1. The van der Waals surface area contributed by atoms with Gasteiger partial charge in [0.1, 0.15) is 11.8 Å². The van der Waals surface area contributed by atoms with Crippen LogP contribution in [0.5, 0.6) is 5.75 Å². The molecule has 30 heavy (non-hydrogen) atoms. The number of rotatable bonds is 8. The Kier molecular flexibility index (Phi) is 6.74. The van der Waals surface area contributed by atoms with E-state index >= 15 is 0 Å². The first-order valence-corrected chi connectivity index (χ1v) is 11.8. The van der Waals surface area contributed by atoms with Crippen LogP contribution in [0.4, 0.5) is 0 Å². The molecule has 1 amide bonds. The van der Waals surface area contributed by atoms with Gasteiger partial charge in [-0.1, -0.05) is 32.0 Å². The van der Waals surface area contributed by atoms with E-state index in [1.54, 1.807) is 39.2 Å². The highest BCUT2D eigenvalue weighted by Crippen LogP contribution is 2.25. The molecular formula is C21H25N3O4S2. The van der Waals surface area contributed by atoms with Gasteiger partial charge in [-0.2, -0.15) is 4.72 Å². The third kappa shape index (κ3) is 4.97. The second-order valence-corrected chi connectivity index (χ2v) is 10.2. The molecule has 0 aliphatic carbocycles. The third-order valence-electron chi connectivity index (χ3n) is 4.65. The molecule has 0 unspecified atom stereocenters. The number of hydrogen-bond donors (Lipinski definition) is 2. The van der Waals surface area contributed by atoms with E-state index in [2.05, 4.69) is 15.0 Å². The Hall–Kier alpha value is -2.49. The summed E-state index contributed by atoms with van der Waals surface area (Å²) in [6.45, 7) is 5.70. The molecule has 0 aliphatic rings. The number of nitrogens with one attached hydrogen (secondary N) is 2. The molecule has 2 N–H and O–H groups in total. The van der Waals surface area contributed by atoms with Crippen molar-refractivity contribution >= 4 is 37.5 Å². The van der Waals surface area contributed by atoms with E-state index in [1.807, 2.05) is 25.1 Å². The van der Waals surface area contributed by atoms with Gasteiger partial charge in [0, 0.05) is 12.1 Å². The van der Waals surface area contributed by atoms with Crippen molar-refractivity contribution < 1.29 is 17.9 Å². The Morgan fingerprint density at radius 1 is 1.20 bits per heavy atom. The smallest absolute Gasteiger partial charge is 0.241 e. The monoisotopic (exact) mass is 447 g/mol. The molecule has 1 atom stereocenters. The SMILES string of the molecule is COc1ccccc1CNC(=O)[C@H](NS(=O)(=O)c1ccc2nc(C)sc2c1)C(C)C. The highest BCUT2D eigenvalue weighted by Gasteiger charge is 2.28. The summed E-state index contributed by atoms with van der Waals surface area (Å²) in [6.07, 6.45) is 0. The Bertz CT molecular complexity index is 1160. The van der Waals surface area contributed by atoms with Gasteiger partial charge in [-0.25, -0.2) is 13.4 Å². The lowest BCUT2D eigenvalue weighted by molar-refractivity contribution is -0.123. The number of hydrogen-bond acceptors (Lipinski definition) is 6. The first-order chi connectivity index (χ1) is 14.2. The number of sulfonamides is 1. The summed E-state index contributed by atoms with van der Waals surface area (Å²) < 4.78 is 34.5. The molecule has 7 nitrogen and oxygen atoms in total. The van der Waals surface area contributed by atoms with Crippen LogP contribution >= 0.6 is 11.3 Å². The molecule has 2 aromatic carbocycles. The molecule has 0 aliphatic heterocycles. The molecular weight excluding hydrogens is 422 g/mol. The van der Waals surface area contributed by atoms with E-state index in [0.29, 0.717) is 5.75 Å². The lowest BCUT2D eigenvalue weighted by Crippen LogP contribution is -2.49. The predicted molar refractivity (Wildman–Crippen MR) is 118 cm³/mol. The molecule has 160 valence electrons. The normalized spacial score (nSPS) is 12.8. The zero-order chi connectivity index (χ0) is 21.9. The fraction of sp³-hybridized carbons (Fsp3) is 0.333. The molecule has 1 heterocycles. The van der Waals surface area contributed by atoms with Crippen LogP contribution in [-0.4, -0.2) is 32.5 Å². The van der Waals surface area contributed by atoms with Crippen LogP contribution in [-0.2, 0) is 21.4 Å². The number of nitrogens with zero attached hydrogens (tertiary/aromatic N) is 1. The minimum atomic E-state index is -3.88. The molecule has 0 fully saturated rings. The van der Waals surface area contributed by atoms with Crippen molar-refractivity contribution in [3.05, 3.63) is 53.0 Å². The van der Waals surface area contributed by atoms with Crippen molar-refractivity contribution in [3.8, 4) is 5.75 Å². The average Bonchev–Trinajstić information content (AvgIpc) is 3.09. The molecule has 0 saturated heterocycles. The largest absolute Gasteiger partial charge is 0.496 e. The molecule has 0 spiro atoms. The number of aryl methyl sites for hydroxylation is 1. The number of methoxy groups -OCH3 is 1. The van der Waals surface area contributed by atoms with Crippen LogP contribution in [0.3, 0.4) is 0 Å². The Balaban J connectivity index is 1.76. The molecule has 3 aromatic rings. The summed E-state index contributed by atoms with van der Waals surface area (Å²) in [7, 11) is -2.32. The van der Waals surface area contributed by atoms with Crippen molar-refractivity contribution in [1.82, 2.24) is 15.0 Å². The predicted octanol–water partition coefficient (Wildman–Crippen LogP) is 3.23. The first kappa shape index (κ1) is 22.2. The van der Waals surface area contributed by atoms with E-state index in [9.17, 15) is 13.2 Å². The van der Waals surface area contributed by atoms with Gasteiger partial charge in [0.15, 0.2) is 0 Å². The van der Waals surface area contributed by atoms with Crippen LogP contribution in [0.1, 0.15) is 24.4 Å². The zero-order valence-corrected chi connectivity index (χ0v) is 18.9. The highest BCUT2D eigenvalue weighted by atomic mass is 32.2. The van der Waals surface area contributed by atoms with Gasteiger partial charge in [0.05, 0.1) is 27.2 Å². The first-order valence-electron chi connectivity index (χ1n) is 9.50. The number of benzene rings is 2. The number of carbonyl (C=O) groups excluding carboxylic acids is 1. The number of ether oxygens (including phenoxy) is 1. The number of thiazole rings is 1. The summed E-state index contributed by atoms with van der Waals surface area (Å²) in [4.78, 5) is 17.3. The van der Waals surface area contributed by atoms with Crippen molar-refractivity contribution in [2.24, 2.45) is 5.92 Å². The van der Waals surface area contributed by atoms with Crippen LogP contribution < -0.4 is 14.8 Å². The highest BCUT2D eigenvalue weighted by molar-refractivity contribution is 7.89. The van der Waals surface area contributed by atoms with Gasteiger partial charge in [-0.3, -0.25) is 4.79 Å². The van der Waals surface area contributed by atoms with Crippen LogP contribution in [0.2, 0.25) is 0 Å². The maximum absolute atomic E-state index is 12.9. The maximum Gasteiger partial charge on any atom is 0.241 e. The van der Waals surface area contributed by atoms with Crippen LogP contribution in [0.25, 0.3) is 10.2 Å². The second-order valence-electron chi connectivity index (χ2n) is 7.24. The average molecular weight is 448 g/mol. The van der Waals surface area contributed by atoms with Crippen molar-refractivity contribution in [2.75, 3.05) is 7.11 Å². The fourth-order valence-electron chi connectivity index (χ4n) is 3.06. The Morgan fingerprint density at radius 3 is 2.63 bits per heavy atom. The summed E-state index contributed by atoms with van der Waals surface area (Å²) >= 11 is 1.43. The van der Waals surface area contributed by atoms with E-state index in [4.69, 9.17) is 4.74 Å². The van der Waals surface area contributed by atoms with Crippen LogP contribution in [0.15, 0.2) is 47.4 Å². The Morgan fingerprint density at radius 2 is 1.93 bits per heavy atom. The fourth-order valence-corrected chi connectivity index (χ4v) is 5.37. The van der Waals surface area contributed by atoms with Gasteiger partial charge in [0.2, 0.25) is 15.9 Å². The second kappa shape index (κ2) is 9.11. The molecule has 0 saturated carbocycles. The van der Waals surface area contributed by atoms with Gasteiger partial charge >= 0.3 is 0 Å². The summed E-state index contributed by atoms with van der Waals surface area (Å²) in [6, 6.07) is 11.2. The lowest BCUT2D eigenvalue weighted by atomic mass is 10.0. The van der Waals surface area contributed by atoms with E-state index in [-0.39, 0.29) is 17.4 Å². The van der Waals surface area contributed by atoms with Gasteiger partial charge in [-0.15, -0.1) is 11.3 Å². The minimum absolute atomic E-state index is 0.113. The summed E-state index contributed by atoms with van der Waals surface area (Å²) in [5, 5.41) is 3.67. The number of amides is 1. The maximum atomic E-state index is 12.9. The Labute approximate surface area is 180 Å². The van der Waals surface area contributed by atoms with Crippen molar-refractivity contribution in [1.29, 1.82) is 0 Å². The molecule has 9 heteroatoms. The minimum Gasteiger partial charge on any atom is -0.496 e. The molecule has 0 radical (unpaired) electrons. The molecule has 1 aromatic heterocycles. The number of para-hydroxylation sites is 1. The van der Waals surface area contributed by atoms with Gasteiger partial charge < -0.3 is 10.1 Å². The third-order valence-corrected chi connectivity index (χ3v) is 7.03. The van der Waals surface area contributed by atoms with Gasteiger partial charge in [0.25, 0.3) is 0 Å². The van der Waals surface area contributed by atoms with Crippen LogP contribution in [0, 0.1) is 12.8 Å². The zero-order valence-electron chi connectivity index (χ0n) is 17.3. The van der Waals surface area contributed by atoms with E-state index in [1.165, 1.54) is 17.4 Å². The lowest BCUT2D eigenvalue weighted by Gasteiger charge is -2.22. The van der Waals surface area contributed by atoms with Gasteiger partial charge in [-0.05, 0) is 37.1 Å².